The van der Waals surface area contributed by atoms with E-state index in [1.807, 2.05) is 72.8 Å². The van der Waals surface area contributed by atoms with E-state index in [9.17, 15) is 0 Å². The van der Waals surface area contributed by atoms with Crippen molar-refractivity contribution in [2.75, 3.05) is 0 Å². The molecule has 0 saturated heterocycles. The van der Waals surface area contributed by atoms with Gasteiger partial charge in [0.2, 0.25) is 0 Å². The summed E-state index contributed by atoms with van der Waals surface area (Å²) >= 11 is 14.4. The first-order valence-corrected chi connectivity index (χ1v) is 5.96. The SMILES string of the molecule is ClC(Cl)Cl.c1ccccc1.c1ccccc1. The minimum Gasteiger partial charge on any atom is -0.0874 e. The predicted octanol–water partition coefficient (Wildman–Crippen LogP) is 5.36. The van der Waals surface area contributed by atoms with E-state index in [0.29, 0.717) is 0 Å². The third-order valence-corrected chi connectivity index (χ3v) is 1.33. The molecule has 0 nitrogen and oxygen atoms in total. The number of hydrogen-bond acceptors (Lipinski definition) is 0. The van der Waals surface area contributed by atoms with Gasteiger partial charge >= 0.3 is 0 Å². The summed E-state index contributed by atoms with van der Waals surface area (Å²) in [7, 11) is 0. The first kappa shape index (κ1) is 15.3. The average Bonchev–Trinajstić information content (AvgIpc) is 2.34. The van der Waals surface area contributed by atoms with Crippen molar-refractivity contribution in [3.8, 4) is 0 Å². The molecule has 86 valence electrons. The molecule has 0 N–H and O–H groups in total. The van der Waals surface area contributed by atoms with E-state index in [0.717, 1.165) is 0 Å². The van der Waals surface area contributed by atoms with Gasteiger partial charge < -0.3 is 0 Å². The van der Waals surface area contributed by atoms with Crippen LogP contribution in [0.1, 0.15) is 0 Å². The molecule has 0 aliphatic carbocycles. The molecule has 0 radical (unpaired) electrons. The summed E-state index contributed by atoms with van der Waals surface area (Å²) in [5.41, 5.74) is 0. The summed E-state index contributed by atoms with van der Waals surface area (Å²) in [6, 6.07) is 24.0. The Bertz CT molecular complexity index is 221. The molecule has 0 atom stereocenters. The second-order valence-electron chi connectivity index (χ2n) is 2.56. The zero-order valence-corrected chi connectivity index (χ0v) is 10.9. The van der Waals surface area contributed by atoms with Gasteiger partial charge in [0, 0.05) is 0 Å². The first-order chi connectivity index (χ1) is 7.73. The number of rotatable bonds is 0. The monoisotopic (exact) mass is 274 g/mol. The number of alkyl halides is 3. The Morgan fingerprint density at radius 2 is 0.438 bits per heavy atom. The second-order valence-corrected chi connectivity index (χ2v) is 4.54. The van der Waals surface area contributed by atoms with Crippen LogP contribution in [0.15, 0.2) is 72.8 Å². The molecule has 0 aromatic heterocycles. The van der Waals surface area contributed by atoms with E-state index >= 15 is 0 Å². The third-order valence-electron chi connectivity index (χ3n) is 1.33. The number of halogens is 3. The summed E-state index contributed by atoms with van der Waals surface area (Å²) in [5, 5.41) is 0. The lowest BCUT2D eigenvalue weighted by atomic mass is 10.4. The molecule has 2 rings (SSSR count). The van der Waals surface area contributed by atoms with Gasteiger partial charge in [-0.15, -0.1) is 0 Å². The molecule has 0 heterocycles. The van der Waals surface area contributed by atoms with Gasteiger partial charge in [-0.1, -0.05) is 108 Å². The Morgan fingerprint density at radius 3 is 0.500 bits per heavy atom. The van der Waals surface area contributed by atoms with Gasteiger partial charge in [-0.3, -0.25) is 0 Å². The van der Waals surface area contributed by atoms with Crippen LogP contribution in [0.5, 0.6) is 0 Å². The summed E-state index contributed by atoms with van der Waals surface area (Å²) in [4.78, 5) is 0. The maximum Gasteiger partial charge on any atom is 0.180 e. The highest BCUT2D eigenvalue weighted by atomic mass is 35.6. The lowest BCUT2D eigenvalue weighted by molar-refractivity contribution is 1.72. The van der Waals surface area contributed by atoms with Gasteiger partial charge in [0.1, 0.15) is 0 Å². The van der Waals surface area contributed by atoms with Crippen molar-refractivity contribution in [2.24, 2.45) is 0 Å². The van der Waals surface area contributed by atoms with Crippen molar-refractivity contribution >= 4 is 34.8 Å². The molecule has 0 spiro atoms. The highest BCUT2D eigenvalue weighted by Gasteiger charge is 1.78. The summed E-state index contributed by atoms with van der Waals surface area (Å²) in [6.45, 7) is 0. The summed E-state index contributed by atoms with van der Waals surface area (Å²) in [5.74, 6) is 0. The normalized spacial score (nSPS) is 8.25. The Kier molecular flexibility index (Phi) is 11.8. The maximum atomic E-state index is 4.81. The van der Waals surface area contributed by atoms with E-state index in [1.54, 1.807) is 0 Å². The fourth-order valence-corrected chi connectivity index (χ4v) is 0.770. The molecule has 0 bridgehead atoms. The Labute approximate surface area is 112 Å². The number of benzene rings is 2. The lowest BCUT2D eigenvalue weighted by Gasteiger charge is -1.69. The van der Waals surface area contributed by atoms with Crippen molar-refractivity contribution in [3.05, 3.63) is 72.8 Å². The topological polar surface area (TPSA) is 0 Å². The summed E-state index contributed by atoms with van der Waals surface area (Å²) in [6.07, 6.45) is 0. The van der Waals surface area contributed by atoms with E-state index < -0.39 is 4.30 Å². The zero-order chi connectivity index (χ0) is 12.1. The van der Waals surface area contributed by atoms with Crippen molar-refractivity contribution in [1.29, 1.82) is 0 Å². The molecule has 0 unspecified atom stereocenters. The van der Waals surface area contributed by atoms with E-state index in [-0.39, 0.29) is 0 Å². The molecular formula is C13H13Cl3. The van der Waals surface area contributed by atoms with Crippen LogP contribution in [0, 0.1) is 0 Å². The molecule has 3 heteroatoms. The van der Waals surface area contributed by atoms with E-state index in [4.69, 9.17) is 34.8 Å². The molecule has 0 aliphatic rings. The molecule has 0 amide bonds. The average molecular weight is 276 g/mol. The minimum atomic E-state index is -0.750. The molecule has 2 aromatic rings. The first-order valence-electron chi connectivity index (χ1n) is 4.65. The molecule has 0 fully saturated rings. The van der Waals surface area contributed by atoms with Crippen LogP contribution in [-0.4, -0.2) is 4.30 Å². The van der Waals surface area contributed by atoms with Crippen LogP contribution in [-0.2, 0) is 0 Å². The smallest absolute Gasteiger partial charge is 0.0874 e. The van der Waals surface area contributed by atoms with Gasteiger partial charge in [-0.2, -0.15) is 0 Å². The number of hydrogen-bond donors (Lipinski definition) is 0. The van der Waals surface area contributed by atoms with Crippen LogP contribution in [0.2, 0.25) is 0 Å². The van der Waals surface area contributed by atoms with Gasteiger partial charge in [0.15, 0.2) is 4.30 Å². The second kappa shape index (κ2) is 12.4. The lowest BCUT2D eigenvalue weighted by Crippen LogP contribution is -1.55. The van der Waals surface area contributed by atoms with E-state index in [1.165, 1.54) is 0 Å². The van der Waals surface area contributed by atoms with Crippen molar-refractivity contribution in [3.63, 3.8) is 0 Å². The van der Waals surface area contributed by atoms with Gasteiger partial charge in [-0.25, -0.2) is 0 Å². The standard InChI is InChI=1S/2C6H6.CHCl3/c2*1-2-4-6-5-3-1;2-1(3)4/h2*1-6H;1H. The van der Waals surface area contributed by atoms with Gasteiger partial charge in [0.05, 0.1) is 0 Å². The van der Waals surface area contributed by atoms with Crippen LogP contribution >= 0.6 is 34.8 Å². The highest BCUT2D eigenvalue weighted by molar-refractivity contribution is 6.63. The molecule has 0 saturated carbocycles. The fraction of sp³-hybridized carbons (Fsp3) is 0.0769. The fourth-order valence-electron chi connectivity index (χ4n) is 0.770. The van der Waals surface area contributed by atoms with Crippen molar-refractivity contribution in [1.82, 2.24) is 0 Å². The van der Waals surface area contributed by atoms with Crippen LogP contribution < -0.4 is 0 Å². The van der Waals surface area contributed by atoms with Crippen molar-refractivity contribution in [2.45, 2.75) is 4.30 Å². The Hall–Kier alpha value is -0.690. The van der Waals surface area contributed by atoms with Crippen LogP contribution in [0.25, 0.3) is 0 Å². The van der Waals surface area contributed by atoms with E-state index in [2.05, 4.69) is 0 Å². The Balaban J connectivity index is 0.000000217. The zero-order valence-electron chi connectivity index (χ0n) is 8.64. The molecule has 0 aliphatic heterocycles. The summed E-state index contributed by atoms with van der Waals surface area (Å²) < 4.78 is -0.750. The quantitative estimate of drug-likeness (QED) is 0.568. The maximum absolute atomic E-state index is 4.81. The van der Waals surface area contributed by atoms with Crippen molar-refractivity contribution < 1.29 is 0 Å². The molecule has 2 aromatic carbocycles. The largest absolute Gasteiger partial charge is 0.180 e. The van der Waals surface area contributed by atoms with Crippen LogP contribution in [0.3, 0.4) is 0 Å². The highest BCUT2D eigenvalue weighted by Crippen LogP contribution is 2.03. The molecular weight excluding hydrogens is 263 g/mol. The third kappa shape index (κ3) is 15.8. The van der Waals surface area contributed by atoms with Gasteiger partial charge in [-0.05, 0) is 0 Å². The predicted molar refractivity (Wildman–Crippen MR) is 74.2 cm³/mol. The van der Waals surface area contributed by atoms with Gasteiger partial charge in [0.25, 0.3) is 0 Å². The molecule has 16 heavy (non-hydrogen) atoms. The Morgan fingerprint density at radius 1 is 0.375 bits per heavy atom. The minimum absolute atomic E-state index is 0.750. The van der Waals surface area contributed by atoms with Crippen LogP contribution in [0.4, 0.5) is 0 Å².